The summed E-state index contributed by atoms with van der Waals surface area (Å²) in [5.74, 6) is 0.120. The van der Waals surface area contributed by atoms with E-state index in [4.69, 9.17) is 11.6 Å². The number of methoxy groups -OCH3 is 1. The van der Waals surface area contributed by atoms with Crippen molar-refractivity contribution in [2.45, 2.75) is 6.54 Å². The van der Waals surface area contributed by atoms with Gasteiger partial charge in [-0.05, 0) is 5.56 Å². The van der Waals surface area contributed by atoms with E-state index in [9.17, 15) is 13.2 Å². The van der Waals surface area contributed by atoms with E-state index in [0.717, 1.165) is 17.0 Å². The van der Waals surface area contributed by atoms with Gasteiger partial charge in [-0.2, -0.15) is 12.7 Å². The van der Waals surface area contributed by atoms with Gasteiger partial charge in [0.05, 0.1) is 7.11 Å². The average molecular weight is 307 g/mol. The van der Waals surface area contributed by atoms with Crippen molar-refractivity contribution in [2.24, 2.45) is 0 Å². The molecule has 0 spiro atoms. The Balaban J connectivity index is 2.85. The Morgan fingerprint density at radius 2 is 2.00 bits per heavy atom. The van der Waals surface area contributed by atoms with Gasteiger partial charge in [-0.15, -0.1) is 11.6 Å². The number of hydrogen-bond donors (Lipinski definition) is 1. The second kappa shape index (κ2) is 7.32. The number of amides is 1. The van der Waals surface area contributed by atoms with Gasteiger partial charge in [0.1, 0.15) is 0 Å². The van der Waals surface area contributed by atoms with Gasteiger partial charge >= 0.3 is 16.3 Å². The first kappa shape index (κ1) is 15.7. The molecule has 0 fully saturated rings. The van der Waals surface area contributed by atoms with E-state index in [0.29, 0.717) is 0 Å². The maximum atomic E-state index is 11.9. The first-order valence-corrected chi connectivity index (χ1v) is 7.43. The van der Waals surface area contributed by atoms with Gasteiger partial charge in [0.25, 0.3) is 0 Å². The predicted octanol–water partition coefficient (Wildman–Crippen LogP) is 1.33. The maximum Gasteiger partial charge on any atom is 0.421 e. The number of carbonyl (C=O) groups is 1. The molecule has 106 valence electrons. The molecule has 0 aliphatic carbocycles. The molecule has 0 aromatic heterocycles. The van der Waals surface area contributed by atoms with E-state index in [2.05, 4.69) is 4.74 Å². The SMILES string of the molecule is COC(=O)NS(=O)(=O)N(CCCl)Cc1ccccc1. The lowest BCUT2D eigenvalue weighted by atomic mass is 10.2. The fourth-order valence-electron chi connectivity index (χ4n) is 1.38. The molecule has 1 amide bonds. The first-order valence-electron chi connectivity index (χ1n) is 5.45. The van der Waals surface area contributed by atoms with E-state index in [1.54, 1.807) is 29.0 Å². The molecule has 1 aromatic rings. The minimum absolute atomic E-state index is 0.0861. The first-order chi connectivity index (χ1) is 8.99. The minimum Gasteiger partial charge on any atom is -0.452 e. The van der Waals surface area contributed by atoms with E-state index < -0.39 is 16.3 Å². The zero-order valence-corrected chi connectivity index (χ0v) is 11.9. The summed E-state index contributed by atoms with van der Waals surface area (Å²) in [6.07, 6.45) is -1.03. The fourth-order valence-corrected chi connectivity index (χ4v) is 2.76. The van der Waals surface area contributed by atoms with E-state index >= 15 is 0 Å². The highest BCUT2D eigenvalue weighted by Crippen LogP contribution is 2.08. The Labute approximate surface area is 117 Å². The van der Waals surface area contributed by atoms with E-state index in [1.165, 1.54) is 0 Å². The molecule has 0 bridgehead atoms. The molecular weight excluding hydrogens is 292 g/mol. The van der Waals surface area contributed by atoms with Crippen LogP contribution in [0.4, 0.5) is 4.79 Å². The average Bonchev–Trinajstić information content (AvgIpc) is 2.39. The molecule has 1 N–H and O–H groups in total. The number of alkyl halides is 1. The van der Waals surface area contributed by atoms with Crippen LogP contribution < -0.4 is 4.72 Å². The van der Waals surface area contributed by atoms with Gasteiger partial charge < -0.3 is 4.74 Å². The van der Waals surface area contributed by atoms with Gasteiger partial charge in [-0.1, -0.05) is 30.3 Å². The lowest BCUT2D eigenvalue weighted by Gasteiger charge is -2.20. The molecule has 8 heteroatoms. The van der Waals surface area contributed by atoms with Crippen LogP contribution in [-0.2, 0) is 21.5 Å². The smallest absolute Gasteiger partial charge is 0.421 e. The summed E-state index contributed by atoms with van der Waals surface area (Å²) < 4.78 is 31.0. The molecule has 0 aliphatic heterocycles. The lowest BCUT2D eigenvalue weighted by molar-refractivity contribution is 0.177. The number of carbonyl (C=O) groups excluding carboxylic acids is 1. The van der Waals surface area contributed by atoms with Crippen LogP contribution >= 0.6 is 11.6 Å². The van der Waals surface area contributed by atoms with Crippen molar-refractivity contribution in [2.75, 3.05) is 19.5 Å². The highest BCUT2D eigenvalue weighted by Gasteiger charge is 2.24. The molecule has 6 nitrogen and oxygen atoms in total. The van der Waals surface area contributed by atoms with Crippen LogP contribution in [0.15, 0.2) is 30.3 Å². The molecule has 0 aliphatic rings. The van der Waals surface area contributed by atoms with Gasteiger partial charge in [0.2, 0.25) is 0 Å². The minimum atomic E-state index is -3.97. The molecule has 0 saturated carbocycles. The van der Waals surface area contributed by atoms with Crippen LogP contribution in [-0.4, -0.2) is 38.4 Å². The Morgan fingerprint density at radius 3 is 2.53 bits per heavy atom. The van der Waals surface area contributed by atoms with E-state index in [-0.39, 0.29) is 19.0 Å². The molecule has 0 unspecified atom stereocenters. The molecular formula is C11H15ClN2O4S. The molecule has 0 atom stereocenters. The van der Waals surface area contributed by atoms with Crippen molar-refractivity contribution in [3.05, 3.63) is 35.9 Å². The second-order valence-electron chi connectivity index (χ2n) is 3.61. The van der Waals surface area contributed by atoms with Crippen molar-refractivity contribution >= 4 is 27.9 Å². The molecule has 1 rings (SSSR count). The summed E-state index contributed by atoms with van der Waals surface area (Å²) in [5, 5.41) is 0. The number of benzene rings is 1. The molecule has 0 radical (unpaired) electrons. The Morgan fingerprint density at radius 1 is 1.37 bits per heavy atom. The number of hydrogen-bond acceptors (Lipinski definition) is 4. The summed E-state index contributed by atoms with van der Waals surface area (Å²) >= 11 is 5.59. The summed E-state index contributed by atoms with van der Waals surface area (Å²) in [5.41, 5.74) is 0.794. The van der Waals surface area contributed by atoms with Crippen molar-refractivity contribution in [1.29, 1.82) is 0 Å². The van der Waals surface area contributed by atoms with Crippen LogP contribution in [0, 0.1) is 0 Å². The maximum absolute atomic E-state index is 11.9. The van der Waals surface area contributed by atoms with Crippen LogP contribution in [0.25, 0.3) is 0 Å². The fraction of sp³-hybridized carbons (Fsp3) is 0.364. The van der Waals surface area contributed by atoms with Gasteiger partial charge in [-0.25, -0.2) is 9.52 Å². The summed E-state index contributed by atoms with van der Waals surface area (Å²) in [4.78, 5) is 11.0. The topological polar surface area (TPSA) is 75.7 Å². The highest BCUT2D eigenvalue weighted by atomic mass is 35.5. The monoisotopic (exact) mass is 306 g/mol. The third-order valence-electron chi connectivity index (χ3n) is 2.27. The van der Waals surface area contributed by atoms with Crippen molar-refractivity contribution in [1.82, 2.24) is 9.03 Å². The Hall–Kier alpha value is -1.31. The third-order valence-corrected chi connectivity index (χ3v) is 3.86. The summed E-state index contributed by atoms with van der Waals surface area (Å²) in [7, 11) is -2.88. The standard InChI is InChI=1S/C11H15ClN2O4S/c1-18-11(15)13-19(16,17)14(8-7-12)9-10-5-3-2-4-6-10/h2-6H,7-9H2,1H3,(H,13,15). The number of rotatable bonds is 6. The van der Waals surface area contributed by atoms with Crippen molar-refractivity contribution in [3.8, 4) is 0 Å². The molecule has 0 saturated heterocycles. The third kappa shape index (κ3) is 5.06. The zero-order valence-electron chi connectivity index (χ0n) is 10.4. The molecule has 1 aromatic carbocycles. The van der Waals surface area contributed by atoms with Gasteiger partial charge in [0.15, 0.2) is 0 Å². The van der Waals surface area contributed by atoms with Crippen molar-refractivity contribution in [3.63, 3.8) is 0 Å². The zero-order chi connectivity index (χ0) is 14.3. The summed E-state index contributed by atoms with van der Waals surface area (Å²) in [6, 6.07) is 9.00. The Bertz CT molecular complexity index is 507. The Kier molecular flexibility index (Phi) is 6.07. The second-order valence-corrected chi connectivity index (χ2v) is 5.66. The van der Waals surface area contributed by atoms with Gasteiger partial charge in [0, 0.05) is 19.0 Å². The summed E-state index contributed by atoms with van der Waals surface area (Å²) in [6.45, 7) is 0.211. The quantitative estimate of drug-likeness (QED) is 0.805. The van der Waals surface area contributed by atoms with E-state index in [1.807, 2.05) is 6.07 Å². The highest BCUT2D eigenvalue weighted by molar-refractivity contribution is 7.87. The number of halogens is 1. The lowest BCUT2D eigenvalue weighted by Crippen LogP contribution is -2.43. The molecule has 0 heterocycles. The van der Waals surface area contributed by atoms with Crippen LogP contribution in [0.5, 0.6) is 0 Å². The normalized spacial score (nSPS) is 11.3. The van der Waals surface area contributed by atoms with Crippen LogP contribution in [0.2, 0.25) is 0 Å². The molecule has 19 heavy (non-hydrogen) atoms. The number of nitrogens with zero attached hydrogens (tertiary/aromatic N) is 1. The largest absolute Gasteiger partial charge is 0.452 e. The van der Waals surface area contributed by atoms with Crippen LogP contribution in [0.1, 0.15) is 5.56 Å². The van der Waals surface area contributed by atoms with Gasteiger partial charge in [-0.3, -0.25) is 0 Å². The van der Waals surface area contributed by atoms with Crippen LogP contribution in [0.3, 0.4) is 0 Å². The number of ether oxygens (including phenoxy) is 1. The van der Waals surface area contributed by atoms with Crippen molar-refractivity contribution < 1.29 is 17.9 Å². The predicted molar refractivity (Wildman–Crippen MR) is 72.0 cm³/mol. The number of nitrogens with one attached hydrogen (secondary N) is 1.